The van der Waals surface area contributed by atoms with Gasteiger partial charge in [-0.2, -0.15) is 31.9 Å². The van der Waals surface area contributed by atoms with Gasteiger partial charge < -0.3 is 15.8 Å². The largest absolute Gasteiger partial charge is 0.471 e. The number of nitrogens with zero attached hydrogens (tertiary/aromatic N) is 2. The Bertz CT molecular complexity index is 422. The van der Waals surface area contributed by atoms with E-state index in [4.69, 9.17) is 5.73 Å². The van der Waals surface area contributed by atoms with Crippen LogP contribution in [0.1, 0.15) is 0 Å². The van der Waals surface area contributed by atoms with Crippen molar-refractivity contribution in [1.82, 2.24) is 9.97 Å². The minimum Gasteiger partial charge on any atom is -0.471 e. The molecule has 0 spiro atoms. The lowest BCUT2D eigenvalue weighted by atomic mass is 10.3. The van der Waals surface area contributed by atoms with E-state index in [-0.39, 0.29) is 11.8 Å². The Kier molecular flexibility index (Phi) is 3.77. The molecular formula is C8H9F5N4O. The van der Waals surface area contributed by atoms with Crippen molar-refractivity contribution in [2.45, 2.75) is 12.1 Å². The summed E-state index contributed by atoms with van der Waals surface area (Å²) in [7, 11) is 1.45. The number of alkyl halides is 5. The monoisotopic (exact) mass is 272 g/mol. The Labute approximate surface area is 98.2 Å². The summed E-state index contributed by atoms with van der Waals surface area (Å²) in [6.45, 7) is -1.88. The molecule has 1 heterocycles. The van der Waals surface area contributed by atoms with Crippen LogP contribution in [0.2, 0.25) is 0 Å². The topological polar surface area (TPSA) is 73.1 Å². The molecule has 102 valence electrons. The van der Waals surface area contributed by atoms with Crippen LogP contribution in [-0.2, 0) is 0 Å². The molecule has 0 amide bonds. The van der Waals surface area contributed by atoms with Crippen LogP contribution < -0.4 is 15.8 Å². The Balaban J connectivity index is 2.78. The van der Waals surface area contributed by atoms with Crippen LogP contribution in [0.15, 0.2) is 6.07 Å². The predicted molar refractivity (Wildman–Crippen MR) is 52.5 cm³/mol. The zero-order chi connectivity index (χ0) is 14.0. The van der Waals surface area contributed by atoms with Crippen LogP contribution in [-0.4, -0.2) is 35.7 Å². The number of nitrogens with one attached hydrogen (secondary N) is 1. The first-order valence-corrected chi connectivity index (χ1v) is 4.55. The van der Waals surface area contributed by atoms with E-state index in [0.717, 1.165) is 6.07 Å². The second-order valence-electron chi connectivity index (χ2n) is 3.19. The van der Waals surface area contributed by atoms with Crippen molar-refractivity contribution >= 4 is 11.8 Å². The van der Waals surface area contributed by atoms with E-state index in [1.54, 1.807) is 0 Å². The summed E-state index contributed by atoms with van der Waals surface area (Å²) in [6.07, 6.45) is -5.68. The van der Waals surface area contributed by atoms with Crippen molar-refractivity contribution in [2.24, 2.45) is 0 Å². The molecule has 0 saturated heterocycles. The Hall–Kier alpha value is -1.87. The molecule has 0 aliphatic carbocycles. The van der Waals surface area contributed by atoms with Crippen molar-refractivity contribution in [2.75, 3.05) is 24.7 Å². The second kappa shape index (κ2) is 4.78. The van der Waals surface area contributed by atoms with Gasteiger partial charge in [-0.05, 0) is 0 Å². The molecule has 1 aromatic heterocycles. The first-order valence-electron chi connectivity index (χ1n) is 4.55. The normalized spacial score (nSPS) is 12.3. The van der Waals surface area contributed by atoms with Crippen molar-refractivity contribution in [3.05, 3.63) is 6.07 Å². The molecular weight excluding hydrogens is 263 g/mol. The van der Waals surface area contributed by atoms with Gasteiger partial charge in [-0.3, -0.25) is 0 Å². The molecule has 0 aromatic carbocycles. The number of aromatic nitrogens is 2. The van der Waals surface area contributed by atoms with Gasteiger partial charge in [0.25, 0.3) is 0 Å². The highest BCUT2D eigenvalue weighted by molar-refractivity contribution is 5.42. The van der Waals surface area contributed by atoms with E-state index in [1.807, 2.05) is 0 Å². The van der Waals surface area contributed by atoms with Gasteiger partial charge in [-0.15, -0.1) is 0 Å². The Morgan fingerprint density at radius 3 is 2.39 bits per heavy atom. The van der Waals surface area contributed by atoms with Crippen LogP contribution in [0.4, 0.5) is 33.7 Å². The molecule has 10 heteroatoms. The van der Waals surface area contributed by atoms with Crippen molar-refractivity contribution < 1.29 is 26.7 Å². The zero-order valence-electron chi connectivity index (χ0n) is 9.05. The summed E-state index contributed by atoms with van der Waals surface area (Å²) < 4.78 is 65.0. The number of ether oxygens (including phenoxy) is 1. The van der Waals surface area contributed by atoms with Gasteiger partial charge in [0.05, 0.1) is 0 Å². The SMILES string of the molecule is CNc1cc(OCC(F)(F)C(F)(F)F)nc(N)n1. The highest BCUT2D eigenvalue weighted by atomic mass is 19.4. The number of anilines is 2. The summed E-state index contributed by atoms with van der Waals surface area (Å²) in [6, 6.07) is 1.04. The van der Waals surface area contributed by atoms with Crippen molar-refractivity contribution in [1.29, 1.82) is 0 Å². The molecule has 0 bridgehead atoms. The van der Waals surface area contributed by atoms with Gasteiger partial charge in [0.2, 0.25) is 11.8 Å². The fourth-order valence-electron chi connectivity index (χ4n) is 0.891. The number of rotatable bonds is 4. The first-order chi connectivity index (χ1) is 8.15. The molecule has 1 rings (SSSR count). The third-order valence-electron chi connectivity index (χ3n) is 1.79. The summed E-state index contributed by atoms with van der Waals surface area (Å²) in [4.78, 5) is 6.98. The highest BCUT2D eigenvalue weighted by Crippen LogP contribution is 2.35. The lowest BCUT2D eigenvalue weighted by Gasteiger charge is -2.19. The summed E-state index contributed by atoms with van der Waals surface area (Å²) >= 11 is 0. The van der Waals surface area contributed by atoms with Crippen LogP contribution in [0.5, 0.6) is 5.88 Å². The Morgan fingerprint density at radius 2 is 1.89 bits per heavy atom. The van der Waals surface area contributed by atoms with E-state index >= 15 is 0 Å². The maximum Gasteiger partial charge on any atom is 0.456 e. The molecule has 0 aliphatic heterocycles. The van der Waals surface area contributed by atoms with E-state index in [0.29, 0.717) is 0 Å². The number of hydrogen-bond donors (Lipinski definition) is 2. The maximum absolute atomic E-state index is 12.6. The number of hydrogen-bond acceptors (Lipinski definition) is 5. The van der Waals surface area contributed by atoms with Crippen LogP contribution >= 0.6 is 0 Å². The fraction of sp³-hybridized carbons (Fsp3) is 0.500. The van der Waals surface area contributed by atoms with Crippen molar-refractivity contribution in [3.8, 4) is 5.88 Å². The molecule has 0 unspecified atom stereocenters. The van der Waals surface area contributed by atoms with Crippen LogP contribution in [0.25, 0.3) is 0 Å². The molecule has 0 fully saturated rings. The van der Waals surface area contributed by atoms with Gasteiger partial charge in [0.1, 0.15) is 5.82 Å². The zero-order valence-corrected chi connectivity index (χ0v) is 9.05. The average Bonchev–Trinajstić information content (AvgIpc) is 2.24. The van der Waals surface area contributed by atoms with E-state index < -0.39 is 24.6 Å². The molecule has 0 radical (unpaired) electrons. The van der Waals surface area contributed by atoms with Crippen LogP contribution in [0, 0.1) is 0 Å². The Morgan fingerprint density at radius 1 is 1.28 bits per heavy atom. The van der Waals surface area contributed by atoms with Gasteiger partial charge in [0.15, 0.2) is 6.61 Å². The van der Waals surface area contributed by atoms with Gasteiger partial charge >= 0.3 is 12.1 Å². The number of nitrogen functional groups attached to an aromatic ring is 1. The summed E-state index contributed by atoms with van der Waals surface area (Å²) in [5.74, 6) is -5.62. The molecule has 1 aromatic rings. The molecule has 18 heavy (non-hydrogen) atoms. The number of nitrogens with two attached hydrogens (primary N) is 1. The lowest BCUT2D eigenvalue weighted by Crippen LogP contribution is -2.41. The molecule has 3 N–H and O–H groups in total. The lowest BCUT2D eigenvalue weighted by molar-refractivity contribution is -0.290. The van der Waals surface area contributed by atoms with E-state index in [9.17, 15) is 22.0 Å². The second-order valence-corrected chi connectivity index (χ2v) is 3.19. The minimum atomic E-state index is -5.68. The third kappa shape index (κ3) is 3.31. The highest BCUT2D eigenvalue weighted by Gasteiger charge is 2.58. The standard InChI is InChI=1S/C8H9F5N4O/c1-15-4-2-5(17-6(14)16-4)18-3-7(9,10)8(11,12)13/h2H,3H2,1H3,(H3,14,15,16,17). The quantitative estimate of drug-likeness (QED) is 0.816. The molecule has 0 atom stereocenters. The van der Waals surface area contributed by atoms with E-state index in [2.05, 4.69) is 20.0 Å². The average molecular weight is 272 g/mol. The predicted octanol–water partition coefficient (Wildman–Crippen LogP) is 1.68. The smallest absolute Gasteiger partial charge is 0.456 e. The summed E-state index contributed by atoms with van der Waals surface area (Å²) in [5, 5.41) is 2.51. The third-order valence-corrected chi connectivity index (χ3v) is 1.79. The summed E-state index contributed by atoms with van der Waals surface area (Å²) in [5.41, 5.74) is 5.21. The van der Waals surface area contributed by atoms with E-state index in [1.165, 1.54) is 7.05 Å². The van der Waals surface area contributed by atoms with Crippen LogP contribution in [0.3, 0.4) is 0 Å². The molecule has 0 aliphatic rings. The van der Waals surface area contributed by atoms with Crippen molar-refractivity contribution in [3.63, 3.8) is 0 Å². The van der Waals surface area contributed by atoms with Gasteiger partial charge in [-0.1, -0.05) is 0 Å². The fourth-order valence-corrected chi connectivity index (χ4v) is 0.891. The first kappa shape index (κ1) is 14.2. The number of halogens is 5. The minimum absolute atomic E-state index is 0.132. The maximum atomic E-state index is 12.6. The van der Waals surface area contributed by atoms with Gasteiger partial charge in [-0.25, -0.2) is 0 Å². The molecule has 5 nitrogen and oxygen atoms in total. The van der Waals surface area contributed by atoms with Gasteiger partial charge in [0, 0.05) is 13.1 Å². The molecule has 0 saturated carbocycles.